The van der Waals surface area contributed by atoms with Gasteiger partial charge in [0.2, 0.25) is 0 Å². The molecule has 2 aliphatic rings. The van der Waals surface area contributed by atoms with Crippen LogP contribution in [0.15, 0.2) is 36.5 Å². The molecule has 6 nitrogen and oxygen atoms in total. The first-order valence-electron chi connectivity index (χ1n) is 10.3. The summed E-state index contributed by atoms with van der Waals surface area (Å²) in [6.07, 6.45) is 6.95. The summed E-state index contributed by atoms with van der Waals surface area (Å²) in [5, 5.41) is 1.09. The van der Waals surface area contributed by atoms with E-state index in [2.05, 4.69) is 20.9 Å². The topological polar surface area (TPSA) is 75.3 Å². The summed E-state index contributed by atoms with van der Waals surface area (Å²) in [4.78, 5) is 26.1. The first-order valence-corrected chi connectivity index (χ1v) is 11.2. The van der Waals surface area contributed by atoms with Crippen molar-refractivity contribution in [2.24, 2.45) is 5.73 Å². The molecule has 2 aromatic heterocycles. The Balaban J connectivity index is 1.40. The lowest BCUT2D eigenvalue weighted by molar-refractivity contribution is 0.100. The average Bonchev–Trinajstić information content (AvgIpc) is 3.41. The molecule has 3 aromatic rings. The van der Waals surface area contributed by atoms with Crippen molar-refractivity contribution in [3.8, 4) is 11.3 Å². The summed E-state index contributed by atoms with van der Waals surface area (Å²) in [6.45, 7) is 4.63. The Bertz CT molecular complexity index is 1040. The van der Waals surface area contributed by atoms with E-state index in [0.717, 1.165) is 34.0 Å². The van der Waals surface area contributed by atoms with Crippen LogP contribution in [-0.2, 0) is 0 Å². The first kappa shape index (κ1) is 18.5. The first-order chi connectivity index (χ1) is 14.2. The Labute approximate surface area is 174 Å². The third-order valence-corrected chi connectivity index (χ3v) is 7.14. The van der Waals surface area contributed by atoms with Crippen molar-refractivity contribution in [1.29, 1.82) is 0 Å². The maximum absolute atomic E-state index is 11.8. The Morgan fingerprint density at radius 1 is 1.14 bits per heavy atom. The molecule has 4 heterocycles. The van der Waals surface area contributed by atoms with Crippen LogP contribution in [0.3, 0.4) is 0 Å². The van der Waals surface area contributed by atoms with Gasteiger partial charge in [0.15, 0.2) is 5.13 Å². The zero-order valence-electron chi connectivity index (χ0n) is 16.4. The van der Waals surface area contributed by atoms with Crippen LogP contribution in [0.25, 0.3) is 21.5 Å². The van der Waals surface area contributed by atoms with Gasteiger partial charge in [0.1, 0.15) is 0 Å². The van der Waals surface area contributed by atoms with Crippen molar-refractivity contribution in [3.63, 3.8) is 0 Å². The van der Waals surface area contributed by atoms with Gasteiger partial charge in [-0.3, -0.25) is 14.7 Å². The molecule has 1 atom stereocenters. The number of aromatic nitrogens is 2. The molecule has 2 saturated heterocycles. The number of pyridine rings is 1. The Morgan fingerprint density at radius 3 is 2.83 bits per heavy atom. The summed E-state index contributed by atoms with van der Waals surface area (Å²) < 4.78 is 1.11. The zero-order chi connectivity index (χ0) is 19.8. The Kier molecular flexibility index (Phi) is 4.93. The normalized spacial score (nSPS) is 20.4. The lowest BCUT2D eigenvalue weighted by Gasteiger charge is -2.32. The number of benzene rings is 1. The fraction of sp³-hybridized carbons (Fsp3) is 0.409. The summed E-state index contributed by atoms with van der Waals surface area (Å²) in [5.74, 6) is -0.459. The van der Waals surface area contributed by atoms with Gasteiger partial charge in [0.05, 0.1) is 21.5 Å². The SMILES string of the molecule is NC(=O)c1cccnc1-c1ccc2nc(N3CCC(N4CCCCC4)C3)sc2c1. The van der Waals surface area contributed by atoms with Crippen LogP contribution in [0, 0.1) is 0 Å². The minimum atomic E-state index is -0.459. The van der Waals surface area contributed by atoms with E-state index in [-0.39, 0.29) is 0 Å². The standard InChI is InChI=1S/C22H25N5OS/c23-21(28)17-5-4-9-24-20(17)15-6-7-18-19(13-15)29-22(25-18)27-12-8-16(14-27)26-10-2-1-3-11-26/h4-7,9,13,16H,1-3,8,10-12,14H2,(H2,23,28). The predicted molar refractivity (Wildman–Crippen MR) is 117 cm³/mol. The van der Waals surface area contributed by atoms with Crippen LogP contribution in [-0.4, -0.2) is 53.0 Å². The van der Waals surface area contributed by atoms with E-state index < -0.39 is 5.91 Å². The van der Waals surface area contributed by atoms with E-state index in [9.17, 15) is 4.79 Å². The predicted octanol–water partition coefficient (Wildman–Crippen LogP) is 3.52. The molecule has 0 saturated carbocycles. The van der Waals surface area contributed by atoms with Crippen molar-refractivity contribution >= 4 is 32.6 Å². The van der Waals surface area contributed by atoms with Crippen molar-refractivity contribution in [3.05, 3.63) is 42.1 Å². The highest BCUT2D eigenvalue weighted by atomic mass is 32.1. The number of fused-ring (bicyclic) bond motifs is 1. The molecule has 7 heteroatoms. The molecule has 1 aromatic carbocycles. The van der Waals surface area contributed by atoms with Crippen LogP contribution < -0.4 is 10.6 Å². The van der Waals surface area contributed by atoms with Crippen molar-refractivity contribution in [2.45, 2.75) is 31.7 Å². The highest BCUT2D eigenvalue weighted by Gasteiger charge is 2.30. The summed E-state index contributed by atoms with van der Waals surface area (Å²) >= 11 is 1.72. The van der Waals surface area contributed by atoms with Gasteiger partial charge in [-0.25, -0.2) is 4.98 Å². The number of primary amides is 1. The minimum Gasteiger partial charge on any atom is -0.366 e. The second-order valence-electron chi connectivity index (χ2n) is 7.93. The fourth-order valence-corrected chi connectivity index (χ4v) is 5.57. The molecule has 29 heavy (non-hydrogen) atoms. The number of hydrogen-bond acceptors (Lipinski definition) is 6. The molecule has 2 aliphatic heterocycles. The minimum absolute atomic E-state index is 0.445. The number of nitrogens with two attached hydrogens (primary N) is 1. The summed E-state index contributed by atoms with van der Waals surface area (Å²) in [7, 11) is 0. The van der Waals surface area contributed by atoms with Gasteiger partial charge >= 0.3 is 0 Å². The van der Waals surface area contributed by atoms with Gasteiger partial charge < -0.3 is 10.6 Å². The summed E-state index contributed by atoms with van der Waals surface area (Å²) in [6, 6.07) is 10.2. The van der Waals surface area contributed by atoms with E-state index in [0.29, 0.717) is 17.3 Å². The molecule has 0 aliphatic carbocycles. The molecule has 1 unspecified atom stereocenters. The number of carbonyl (C=O) groups is 1. The number of nitrogens with zero attached hydrogens (tertiary/aromatic N) is 4. The number of amides is 1. The van der Waals surface area contributed by atoms with Crippen molar-refractivity contribution < 1.29 is 4.79 Å². The number of carbonyl (C=O) groups excluding carboxylic acids is 1. The molecule has 5 rings (SSSR count). The third kappa shape index (κ3) is 3.60. The van der Waals surface area contributed by atoms with Gasteiger partial charge in [-0.1, -0.05) is 23.8 Å². The molecular weight excluding hydrogens is 382 g/mol. The highest BCUT2D eigenvalue weighted by molar-refractivity contribution is 7.22. The van der Waals surface area contributed by atoms with Crippen LogP contribution >= 0.6 is 11.3 Å². The van der Waals surface area contributed by atoms with E-state index in [1.54, 1.807) is 29.7 Å². The van der Waals surface area contributed by atoms with E-state index in [4.69, 9.17) is 10.7 Å². The van der Waals surface area contributed by atoms with Gasteiger partial charge in [-0.2, -0.15) is 0 Å². The van der Waals surface area contributed by atoms with Crippen LogP contribution in [0.2, 0.25) is 0 Å². The third-order valence-electron chi connectivity index (χ3n) is 6.06. The monoisotopic (exact) mass is 407 g/mol. The zero-order valence-corrected chi connectivity index (χ0v) is 17.2. The molecule has 150 valence electrons. The van der Waals surface area contributed by atoms with Gasteiger partial charge in [-0.15, -0.1) is 0 Å². The van der Waals surface area contributed by atoms with Crippen molar-refractivity contribution in [2.75, 3.05) is 31.1 Å². The smallest absolute Gasteiger partial charge is 0.250 e. The highest BCUT2D eigenvalue weighted by Crippen LogP contribution is 2.34. The second-order valence-corrected chi connectivity index (χ2v) is 8.94. The maximum Gasteiger partial charge on any atom is 0.250 e. The Hall–Kier alpha value is -2.51. The number of thiazole rings is 1. The largest absolute Gasteiger partial charge is 0.366 e. The van der Waals surface area contributed by atoms with Gasteiger partial charge in [0, 0.05) is 30.9 Å². The molecule has 1 amide bonds. The van der Waals surface area contributed by atoms with Crippen molar-refractivity contribution in [1.82, 2.24) is 14.9 Å². The summed E-state index contributed by atoms with van der Waals surface area (Å²) in [5.41, 5.74) is 8.49. The number of piperidine rings is 1. The van der Waals surface area contributed by atoms with E-state index >= 15 is 0 Å². The molecule has 0 spiro atoms. The quantitative estimate of drug-likeness (QED) is 0.716. The Morgan fingerprint density at radius 2 is 2.00 bits per heavy atom. The number of rotatable bonds is 4. The fourth-order valence-electron chi connectivity index (χ4n) is 4.53. The molecule has 0 bridgehead atoms. The lowest BCUT2D eigenvalue weighted by atomic mass is 10.1. The lowest BCUT2D eigenvalue weighted by Crippen LogP contribution is -2.40. The average molecular weight is 408 g/mol. The van der Waals surface area contributed by atoms with Crippen LogP contribution in [0.1, 0.15) is 36.0 Å². The van der Waals surface area contributed by atoms with Crippen LogP contribution in [0.4, 0.5) is 5.13 Å². The molecule has 2 fully saturated rings. The number of likely N-dealkylation sites (tertiary alicyclic amines) is 1. The molecule has 2 N–H and O–H groups in total. The molecule has 0 radical (unpaired) electrons. The van der Waals surface area contributed by atoms with Crippen LogP contribution in [0.5, 0.6) is 0 Å². The van der Waals surface area contributed by atoms with E-state index in [1.165, 1.54) is 38.8 Å². The van der Waals surface area contributed by atoms with E-state index in [1.807, 2.05) is 12.1 Å². The second kappa shape index (κ2) is 7.72. The number of hydrogen-bond donors (Lipinski definition) is 1. The number of anilines is 1. The molecular formula is C22H25N5OS. The maximum atomic E-state index is 11.8. The van der Waals surface area contributed by atoms with Gasteiger partial charge in [0.25, 0.3) is 5.91 Å². The van der Waals surface area contributed by atoms with Gasteiger partial charge in [-0.05, 0) is 56.6 Å².